The molecule has 1 aliphatic heterocycles. The van der Waals surface area contributed by atoms with Crippen molar-refractivity contribution in [1.82, 2.24) is 5.32 Å². The molecule has 0 aromatic rings. The van der Waals surface area contributed by atoms with E-state index in [4.69, 9.17) is 32.5 Å². The van der Waals surface area contributed by atoms with E-state index in [0.717, 1.165) is 51.4 Å². The number of imide groups is 1. The van der Waals surface area contributed by atoms with Gasteiger partial charge in [0.1, 0.15) is 0 Å². The minimum Gasteiger partial charge on any atom is -0.481 e. The van der Waals surface area contributed by atoms with Gasteiger partial charge in [0.15, 0.2) is 0 Å². The van der Waals surface area contributed by atoms with Gasteiger partial charge in [0.05, 0.1) is 0 Å². The van der Waals surface area contributed by atoms with Crippen LogP contribution in [-0.2, 0) is 56.9 Å². The van der Waals surface area contributed by atoms with E-state index in [-0.39, 0.29) is 94.1 Å². The second kappa shape index (κ2) is 34.4. The van der Waals surface area contributed by atoms with Crippen LogP contribution in [0.1, 0.15) is 138 Å². The van der Waals surface area contributed by atoms with Crippen molar-refractivity contribution in [1.29, 1.82) is 0 Å². The summed E-state index contributed by atoms with van der Waals surface area (Å²) in [5.74, 6) is -4.07. The quantitative estimate of drug-likeness (QED) is 0.0882. The fourth-order valence-corrected chi connectivity index (χ4v) is 5.11. The van der Waals surface area contributed by atoms with E-state index >= 15 is 0 Å². The molecule has 0 saturated carbocycles. The molecule has 1 saturated heterocycles. The van der Waals surface area contributed by atoms with Crippen molar-refractivity contribution in [3.63, 3.8) is 0 Å². The zero-order valence-corrected chi connectivity index (χ0v) is 30.3. The molecule has 3 atom stereocenters. The van der Waals surface area contributed by atoms with Crippen LogP contribution in [0.4, 0.5) is 0 Å². The summed E-state index contributed by atoms with van der Waals surface area (Å²) in [6, 6.07) is 0. The summed E-state index contributed by atoms with van der Waals surface area (Å²) in [4.78, 5) is 84.1. The number of amides is 5. The summed E-state index contributed by atoms with van der Waals surface area (Å²) in [6.07, 6.45) is 8.62. The van der Waals surface area contributed by atoms with Crippen LogP contribution in [0.3, 0.4) is 0 Å². The number of rotatable bonds is 20. The van der Waals surface area contributed by atoms with Crippen molar-refractivity contribution in [2.24, 2.45) is 40.9 Å². The average molecular weight is 742 g/mol. The Kier molecular flexibility index (Phi) is 38.6. The van der Waals surface area contributed by atoms with E-state index in [1.54, 1.807) is 0 Å². The first kappa shape index (κ1) is 55.0. The van der Waals surface area contributed by atoms with Crippen LogP contribution in [0.5, 0.6) is 0 Å². The third-order valence-electron chi connectivity index (χ3n) is 6.87. The number of hydrogen-bond acceptors (Lipinski definition) is 8. The first-order valence-corrected chi connectivity index (χ1v) is 16.2. The van der Waals surface area contributed by atoms with E-state index in [1.165, 1.54) is 0 Å². The van der Waals surface area contributed by atoms with Crippen LogP contribution in [0.25, 0.3) is 0 Å². The van der Waals surface area contributed by atoms with Crippen molar-refractivity contribution in [3.05, 3.63) is 0 Å². The minimum absolute atomic E-state index is 0. The molecule has 1 fully saturated rings. The molecule has 0 spiro atoms. The van der Waals surface area contributed by atoms with E-state index in [1.807, 2.05) is 20.8 Å². The number of piperidine rings is 1. The molecular formula is C33H62N4O11V. The molecule has 1 heterocycles. The van der Waals surface area contributed by atoms with Gasteiger partial charge >= 0.3 is 17.9 Å². The normalized spacial score (nSPS) is 13.6. The molecule has 49 heavy (non-hydrogen) atoms. The zero-order valence-electron chi connectivity index (χ0n) is 28.9. The smallest absolute Gasteiger partial charge is 0.303 e. The van der Waals surface area contributed by atoms with Gasteiger partial charge in [-0.15, -0.1) is 0 Å². The number of hydrogen-bond donors (Lipinski definition) is 7. The van der Waals surface area contributed by atoms with Gasteiger partial charge in [-0.05, 0) is 49.4 Å². The molecule has 1 rings (SSSR count). The molecule has 5 amide bonds. The number of aliphatic carboxylic acids is 3. The van der Waals surface area contributed by atoms with E-state index in [0.29, 0.717) is 18.8 Å². The first-order chi connectivity index (χ1) is 21.9. The largest absolute Gasteiger partial charge is 0.481 e. The number of nitrogens with one attached hydrogen (secondary N) is 1. The number of carbonyl (C=O) groups excluding carboxylic acids is 5. The van der Waals surface area contributed by atoms with Gasteiger partial charge in [-0.3, -0.25) is 43.7 Å². The van der Waals surface area contributed by atoms with Gasteiger partial charge in [-0.1, -0.05) is 60.8 Å². The summed E-state index contributed by atoms with van der Waals surface area (Å²) in [5, 5.41) is 27.7. The topological polar surface area (TPSA) is 287 Å². The van der Waals surface area contributed by atoms with Crippen molar-refractivity contribution in [2.75, 3.05) is 0 Å². The molecule has 15 nitrogen and oxygen atoms in total. The molecule has 0 bridgehead atoms. The fraction of sp³-hybridized carbons (Fsp3) is 0.758. The molecule has 0 aromatic carbocycles. The van der Waals surface area contributed by atoms with Gasteiger partial charge in [-0.25, -0.2) is 0 Å². The molecule has 0 aromatic heterocycles. The third kappa shape index (κ3) is 40.6. The predicted octanol–water partition coefficient (Wildman–Crippen LogP) is 3.73. The Morgan fingerprint density at radius 2 is 0.857 bits per heavy atom. The van der Waals surface area contributed by atoms with Crippen molar-refractivity contribution >= 4 is 47.4 Å². The number of primary amides is 3. The summed E-state index contributed by atoms with van der Waals surface area (Å²) in [7, 11) is 0. The monoisotopic (exact) mass is 741 g/mol. The average Bonchev–Trinajstić information content (AvgIpc) is 2.88. The molecular weight excluding hydrogens is 679 g/mol. The van der Waals surface area contributed by atoms with Gasteiger partial charge in [0.25, 0.3) is 0 Å². The summed E-state index contributed by atoms with van der Waals surface area (Å²) >= 11 is 0. The van der Waals surface area contributed by atoms with Crippen molar-refractivity contribution in [2.45, 2.75) is 138 Å². The molecule has 16 heteroatoms. The second-order valence-corrected chi connectivity index (χ2v) is 11.8. The SMILES string of the molecule is C.CCCC(CC(N)=O)CC(=O)O.CCCC1CC(=O)NC(=O)C1.CCC[C@@H](CC(N)=O)CC(=O)O.CCC[C@H](CC(N)=O)CC(=O)O.[V]. The Bertz CT molecular complexity index is 841. The first-order valence-electron chi connectivity index (χ1n) is 16.2. The van der Waals surface area contributed by atoms with Crippen LogP contribution >= 0.6 is 0 Å². The Balaban J connectivity index is -0.000000173. The Morgan fingerprint density at radius 1 is 0.592 bits per heavy atom. The number of carboxylic acids is 3. The van der Waals surface area contributed by atoms with Crippen LogP contribution in [0.15, 0.2) is 0 Å². The Morgan fingerprint density at radius 3 is 1.04 bits per heavy atom. The minimum atomic E-state index is -0.866. The Labute approximate surface area is 303 Å². The van der Waals surface area contributed by atoms with Gasteiger partial charge < -0.3 is 32.5 Å². The van der Waals surface area contributed by atoms with Crippen molar-refractivity contribution in [3.8, 4) is 0 Å². The predicted molar refractivity (Wildman–Crippen MR) is 181 cm³/mol. The van der Waals surface area contributed by atoms with Crippen LogP contribution in [0, 0.1) is 23.7 Å². The molecule has 1 radical (unpaired) electrons. The maximum absolute atomic E-state index is 10.8. The third-order valence-corrected chi connectivity index (χ3v) is 6.87. The maximum atomic E-state index is 10.8. The second-order valence-electron chi connectivity index (χ2n) is 11.8. The van der Waals surface area contributed by atoms with E-state index in [9.17, 15) is 38.4 Å². The van der Waals surface area contributed by atoms with Crippen LogP contribution in [-0.4, -0.2) is 62.8 Å². The number of carbonyl (C=O) groups is 8. The number of carboxylic acid groups (broad SMARTS) is 3. The standard InChI is InChI=1S/3C8H15NO3.C8H13NO2.CH4.V/c3*1-2-3-6(4-7(9)10)5-8(11)12;1-2-3-6-4-7(10)9-8(11)5-6;;/h3*6H,2-5H2,1H3,(H2,9,10)(H,11,12);6H,2-5H2,1H3,(H,9,10,11);1H4;/t2*6-;;;;/m10..../s1. The molecule has 1 unspecified atom stereocenters. The summed E-state index contributed by atoms with van der Waals surface area (Å²) in [5.41, 5.74) is 14.9. The molecule has 10 N–H and O–H groups in total. The zero-order chi connectivity index (χ0) is 36.9. The summed E-state index contributed by atoms with van der Waals surface area (Å²) in [6.45, 7) is 7.93. The van der Waals surface area contributed by atoms with E-state index < -0.39 is 35.6 Å². The van der Waals surface area contributed by atoms with Gasteiger partial charge in [0.2, 0.25) is 29.5 Å². The van der Waals surface area contributed by atoms with Crippen LogP contribution in [0.2, 0.25) is 0 Å². The van der Waals surface area contributed by atoms with Crippen molar-refractivity contribution < 1.29 is 72.2 Å². The fourth-order valence-electron chi connectivity index (χ4n) is 5.11. The molecule has 285 valence electrons. The number of nitrogens with two attached hydrogens (primary N) is 3. The maximum Gasteiger partial charge on any atom is 0.303 e. The van der Waals surface area contributed by atoms with Crippen LogP contribution < -0.4 is 22.5 Å². The van der Waals surface area contributed by atoms with E-state index in [2.05, 4.69) is 12.2 Å². The van der Waals surface area contributed by atoms with Gasteiger partial charge in [0, 0.05) is 69.9 Å². The Hall–Kier alpha value is -3.46. The van der Waals surface area contributed by atoms with Gasteiger partial charge in [-0.2, -0.15) is 0 Å². The molecule has 0 aliphatic carbocycles. The summed E-state index contributed by atoms with van der Waals surface area (Å²) < 4.78 is 0. The molecule has 1 aliphatic rings.